The number of benzene rings is 1. The summed E-state index contributed by atoms with van der Waals surface area (Å²) in [4.78, 5) is 0. The van der Waals surface area contributed by atoms with Gasteiger partial charge in [0.15, 0.2) is 11.6 Å². The lowest BCUT2D eigenvalue weighted by molar-refractivity contribution is 0.127. The summed E-state index contributed by atoms with van der Waals surface area (Å²) in [6.07, 6.45) is 1.40. The molecule has 1 aromatic carbocycles. The zero-order valence-corrected chi connectivity index (χ0v) is 11.1. The van der Waals surface area contributed by atoms with Crippen LogP contribution in [-0.2, 0) is 0 Å². The monoisotopic (exact) mass is 268 g/mol. The van der Waals surface area contributed by atoms with Gasteiger partial charge in [-0.3, -0.25) is 0 Å². The summed E-state index contributed by atoms with van der Waals surface area (Å²) in [5, 5.41) is 20.7. The van der Waals surface area contributed by atoms with Crippen molar-refractivity contribution in [1.82, 2.24) is 0 Å². The summed E-state index contributed by atoms with van der Waals surface area (Å²) < 4.78 is 27.3. The molecule has 0 saturated heterocycles. The Hall–Kier alpha value is -1.67. The van der Waals surface area contributed by atoms with E-state index in [4.69, 9.17) is 5.26 Å². The summed E-state index contributed by atoms with van der Waals surface area (Å²) in [7, 11) is 0. The van der Waals surface area contributed by atoms with Gasteiger partial charge in [0, 0.05) is 12.0 Å². The van der Waals surface area contributed by atoms with E-state index in [1.54, 1.807) is 6.07 Å². The van der Waals surface area contributed by atoms with Crippen molar-refractivity contribution >= 4 is 5.69 Å². The zero-order chi connectivity index (χ0) is 14.5. The lowest BCUT2D eigenvalue weighted by Gasteiger charge is -2.30. The molecule has 0 spiro atoms. The summed E-state index contributed by atoms with van der Waals surface area (Å²) in [6.45, 7) is 4.07. The van der Waals surface area contributed by atoms with Crippen molar-refractivity contribution in [3.63, 3.8) is 0 Å². The molecule has 0 saturated carbocycles. The summed E-state index contributed by atoms with van der Waals surface area (Å²) in [6, 6.07) is 3.67. The van der Waals surface area contributed by atoms with E-state index in [0.717, 1.165) is 12.1 Å². The van der Waals surface area contributed by atoms with Crippen LogP contribution in [0.1, 0.15) is 32.3 Å². The van der Waals surface area contributed by atoms with Crippen molar-refractivity contribution in [2.75, 3.05) is 18.5 Å². The average Bonchev–Trinajstić information content (AvgIpc) is 2.42. The number of halogens is 2. The number of rotatable bonds is 6. The first-order chi connectivity index (χ1) is 9.01. The minimum Gasteiger partial charge on any atom is -0.396 e. The molecule has 0 bridgehead atoms. The SMILES string of the molecule is CCC(CC)(CO)CNc1c(F)cc(C#N)cc1F. The third kappa shape index (κ3) is 3.42. The topological polar surface area (TPSA) is 56.0 Å². The highest BCUT2D eigenvalue weighted by molar-refractivity contribution is 5.50. The second-order valence-electron chi connectivity index (χ2n) is 4.65. The van der Waals surface area contributed by atoms with Gasteiger partial charge in [-0.15, -0.1) is 0 Å². The molecule has 0 amide bonds. The number of nitrogens with zero attached hydrogens (tertiary/aromatic N) is 1. The molecule has 0 aliphatic carbocycles. The molecular weight excluding hydrogens is 250 g/mol. The first kappa shape index (κ1) is 15.4. The van der Waals surface area contributed by atoms with Crippen LogP contribution in [-0.4, -0.2) is 18.3 Å². The second kappa shape index (κ2) is 6.48. The fraction of sp³-hybridized carbons (Fsp3) is 0.500. The highest BCUT2D eigenvalue weighted by atomic mass is 19.1. The zero-order valence-electron chi connectivity index (χ0n) is 11.1. The summed E-state index contributed by atoms with van der Waals surface area (Å²) in [5.41, 5.74) is -0.703. The van der Waals surface area contributed by atoms with Crippen LogP contribution in [0.25, 0.3) is 0 Å². The van der Waals surface area contributed by atoms with E-state index in [2.05, 4.69) is 5.32 Å². The van der Waals surface area contributed by atoms with Crippen molar-refractivity contribution < 1.29 is 13.9 Å². The van der Waals surface area contributed by atoms with Gasteiger partial charge >= 0.3 is 0 Å². The van der Waals surface area contributed by atoms with Crippen LogP contribution >= 0.6 is 0 Å². The Labute approximate surface area is 111 Å². The Morgan fingerprint density at radius 3 is 2.16 bits per heavy atom. The molecule has 1 rings (SSSR count). The van der Waals surface area contributed by atoms with Gasteiger partial charge in [-0.1, -0.05) is 13.8 Å². The maximum atomic E-state index is 13.7. The lowest BCUT2D eigenvalue weighted by Crippen LogP contribution is -2.32. The van der Waals surface area contributed by atoms with Gasteiger partial charge in [-0.25, -0.2) is 8.78 Å². The van der Waals surface area contributed by atoms with Gasteiger partial charge in [0.05, 0.1) is 18.2 Å². The molecule has 0 radical (unpaired) electrons. The van der Waals surface area contributed by atoms with Crippen molar-refractivity contribution in [2.45, 2.75) is 26.7 Å². The molecule has 0 aromatic heterocycles. The third-order valence-corrected chi connectivity index (χ3v) is 3.65. The quantitative estimate of drug-likeness (QED) is 0.833. The molecule has 0 unspecified atom stereocenters. The predicted molar refractivity (Wildman–Crippen MR) is 69.7 cm³/mol. The van der Waals surface area contributed by atoms with Gasteiger partial charge < -0.3 is 10.4 Å². The maximum Gasteiger partial charge on any atom is 0.150 e. The Morgan fingerprint density at radius 2 is 1.79 bits per heavy atom. The third-order valence-electron chi connectivity index (χ3n) is 3.65. The van der Waals surface area contributed by atoms with Gasteiger partial charge in [0.2, 0.25) is 0 Å². The first-order valence-corrected chi connectivity index (χ1v) is 6.25. The molecule has 5 heteroatoms. The number of nitrogens with one attached hydrogen (secondary N) is 1. The van der Waals surface area contributed by atoms with Crippen molar-refractivity contribution in [3.05, 3.63) is 29.3 Å². The predicted octanol–water partition coefficient (Wildman–Crippen LogP) is 3.05. The minimum absolute atomic E-state index is 0.0491. The molecule has 0 aliphatic rings. The maximum absolute atomic E-state index is 13.7. The molecule has 0 fully saturated rings. The Bertz CT molecular complexity index is 448. The first-order valence-electron chi connectivity index (χ1n) is 6.25. The number of hydrogen-bond acceptors (Lipinski definition) is 3. The highest BCUT2D eigenvalue weighted by Gasteiger charge is 2.26. The van der Waals surface area contributed by atoms with Crippen LogP contribution in [0.2, 0.25) is 0 Å². The minimum atomic E-state index is -0.796. The molecule has 0 aliphatic heterocycles. The van der Waals surface area contributed by atoms with Gasteiger partial charge in [-0.2, -0.15) is 5.26 Å². The van der Waals surface area contributed by atoms with Crippen LogP contribution in [0.4, 0.5) is 14.5 Å². The number of aliphatic hydroxyl groups is 1. The van der Waals surface area contributed by atoms with E-state index in [9.17, 15) is 13.9 Å². The number of nitriles is 1. The van der Waals surface area contributed by atoms with E-state index in [1.807, 2.05) is 13.8 Å². The molecule has 1 aromatic rings. The Morgan fingerprint density at radius 1 is 1.26 bits per heavy atom. The fourth-order valence-corrected chi connectivity index (χ4v) is 1.86. The Balaban J connectivity index is 2.92. The largest absolute Gasteiger partial charge is 0.396 e. The number of anilines is 1. The molecular formula is C14H18F2N2O. The van der Waals surface area contributed by atoms with Crippen molar-refractivity contribution in [3.8, 4) is 6.07 Å². The normalized spacial score (nSPS) is 11.2. The van der Waals surface area contributed by atoms with Crippen LogP contribution in [0, 0.1) is 28.4 Å². The average molecular weight is 268 g/mol. The molecule has 3 nitrogen and oxygen atoms in total. The Kier molecular flexibility index (Phi) is 5.25. The van der Waals surface area contributed by atoms with Gasteiger partial charge in [-0.05, 0) is 25.0 Å². The molecule has 19 heavy (non-hydrogen) atoms. The van der Waals surface area contributed by atoms with Crippen LogP contribution in [0.15, 0.2) is 12.1 Å². The van der Waals surface area contributed by atoms with Crippen molar-refractivity contribution in [2.24, 2.45) is 5.41 Å². The van der Waals surface area contributed by atoms with E-state index in [-0.39, 0.29) is 24.4 Å². The molecule has 0 heterocycles. The standard InChI is InChI=1S/C14H18F2N2O/c1-3-14(4-2,9-19)8-18-13-11(15)5-10(7-17)6-12(13)16/h5-6,18-19H,3-4,8-9H2,1-2H3. The lowest BCUT2D eigenvalue weighted by atomic mass is 9.83. The smallest absolute Gasteiger partial charge is 0.150 e. The molecule has 0 atom stereocenters. The van der Waals surface area contributed by atoms with E-state index in [1.165, 1.54) is 0 Å². The van der Waals surface area contributed by atoms with E-state index >= 15 is 0 Å². The van der Waals surface area contributed by atoms with Crippen LogP contribution < -0.4 is 5.32 Å². The van der Waals surface area contributed by atoms with Crippen molar-refractivity contribution in [1.29, 1.82) is 5.26 Å². The molecule has 104 valence electrons. The molecule has 2 N–H and O–H groups in total. The van der Waals surface area contributed by atoms with E-state index < -0.39 is 17.0 Å². The summed E-state index contributed by atoms with van der Waals surface area (Å²) >= 11 is 0. The number of aliphatic hydroxyl groups excluding tert-OH is 1. The van der Waals surface area contributed by atoms with Crippen LogP contribution in [0.5, 0.6) is 0 Å². The van der Waals surface area contributed by atoms with Gasteiger partial charge in [0.1, 0.15) is 5.69 Å². The van der Waals surface area contributed by atoms with Crippen LogP contribution in [0.3, 0.4) is 0 Å². The van der Waals surface area contributed by atoms with Gasteiger partial charge in [0.25, 0.3) is 0 Å². The number of hydrogen-bond donors (Lipinski definition) is 2. The fourth-order valence-electron chi connectivity index (χ4n) is 1.86. The second-order valence-corrected chi connectivity index (χ2v) is 4.65. The highest BCUT2D eigenvalue weighted by Crippen LogP contribution is 2.28. The van der Waals surface area contributed by atoms with E-state index in [0.29, 0.717) is 12.8 Å². The summed E-state index contributed by atoms with van der Waals surface area (Å²) in [5.74, 6) is -1.59.